The number of fused-ring (bicyclic) bond motifs is 2. The van der Waals surface area contributed by atoms with Crippen molar-refractivity contribution in [1.29, 1.82) is 0 Å². The van der Waals surface area contributed by atoms with Gasteiger partial charge in [0.05, 0.1) is 0 Å². The molecule has 0 N–H and O–H groups in total. The summed E-state index contributed by atoms with van der Waals surface area (Å²) in [6.45, 7) is 0.256. The van der Waals surface area contributed by atoms with Crippen LogP contribution in [-0.4, -0.2) is 17.0 Å². The molecule has 1 aromatic heterocycles. The van der Waals surface area contributed by atoms with Crippen LogP contribution < -0.4 is 9.47 Å². The number of benzene rings is 2. The van der Waals surface area contributed by atoms with Crippen LogP contribution in [0.3, 0.4) is 0 Å². The van der Waals surface area contributed by atoms with Crippen LogP contribution in [0, 0.1) is 0 Å². The van der Waals surface area contributed by atoms with Crippen molar-refractivity contribution in [1.82, 2.24) is 10.2 Å². The molecule has 4 nitrogen and oxygen atoms in total. The third kappa shape index (κ3) is 1.69. The summed E-state index contributed by atoms with van der Waals surface area (Å²) in [6, 6.07) is 13.5. The van der Waals surface area contributed by atoms with Crippen molar-refractivity contribution >= 4 is 22.4 Å². The highest BCUT2D eigenvalue weighted by Gasteiger charge is 2.16. The predicted octanol–water partition coefficient (Wildman–Crippen LogP) is 3.68. The molecule has 0 unspecified atom stereocenters. The number of aromatic nitrogens is 2. The first-order valence-electron chi connectivity index (χ1n) is 6.14. The zero-order chi connectivity index (χ0) is 13.5. The standard InChI is InChI=1S/C15H9ClN2O2/c16-15-11-4-2-1-3-10(11)14(17-18-15)9-5-6-12-13(7-9)20-8-19-12/h1-7H,8H2. The van der Waals surface area contributed by atoms with Gasteiger partial charge in [0.15, 0.2) is 16.7 Å². The minimum Gasteiger partial charge on any atom is -0.454 e. The van der Waals surface area contributed by atoms with Crippen LogP contribution in [0.25, 0.3) is 22.0 Å². The monoisotopic (exact) mass is 284 g/mol. The normalized spacial score (nSPS) is 12.8. The molecular weight excluding hydrogens is 276 g/mol. The Morgan fingerprint density at radius 1 is 0.900 bits per heavy atom. The van der Waals surface area contributed by atoms with E-state index in [2.05, 4.69) is 10.2 Å². The summed E-state index contributed by atoms with van der Waals surface area (Å²) in [5.74, 6) is 1.48. The molecule has 0 bridgehead atoms. The number of hydrogen-bond donors (Lipinski definition) is 0. The van der Waals surface area contributed by atoms with Gasteiger partial charge in [0.1, 0.15) is 5.69 Å². The summed E-state index contributed by atoms with van der Waals surface area (Å²) < 4.78 is 10.7. The van der Waals surface area contributed by atoms with E-state index in [0.29, 0.717) is 5.15 Å². The number of rotatable bonds is 1. The lowest BCUT2D eigenvalue weighted by Gasteiger charge is -2.06. The minimum atomic E-state index is 0.256. The van der Waals surface area contributed by atoms with E-state index in [0.717, 1.165) is 33.5 Å². The van der Waals surface area contributed by atoms with Gasteiger partial charge in [0, 0.05) is 16.3 Å². The van der Waals surface area contributed by atoms with Crippen molar-refractivity contribution in [2.45, 2.75) is 0 Å². The lowest BCUT2D eigenvalue weighted by molar-refractivity contribution is 0.174. The fourth-order valence-corrected chi connectivity index (χ4v) is 2.53. The van der Waals surface area contributed by atoms with E-state index in [4.69, 9.17) is 21.1 Å². The number of halogens is 1. The first-order valence-corrected chi connectivity index (χ1v) is 6.52. The molecule has 0 spiro atoms. The Bertz CT molecular complexity index is 820. The SMILES string of the molecule is Clc1nnc(-c2ccc3c(c2)OCO3)c2ccccc12. The Kier molecular flexibility index (Phi) is 2.50. The molecule has 0 saturated carbocycles. The van der Waals surface area contributed by atoms with Gasteiger partial charge in [-0.2, -0.15) is 0 Å². The molecule has 1 aliphatic rings. The van der Waals surface area contributed by atoms with E-state index >= 15 is 0 Å². The molecule has 0 amide bonds. The Morgan fingerprint density at radius 2 is 1.70 bits per heavy atom. The molecule has 1 aliphatic heterocycles. The van der Waals surface area contributed by atoms with E-state index in [9.17, 15) is 0 Å². The van der Waals surface area contributed by atoms with Crippen molar-refractivity contribution in [2.75, 3.05) is 6.79 Å². The summed E-state index contributed by atoms with van der Waals surface area (Å²) in [4.78, 5) is 0. The molecule has 0 aliphatic carbocycles. The molecule has 5 heteroatoms. The third-order valence-corrected chi connectivity index (χ3v) is 3.57. The summed E-state index contributed by atoms with van der Waals surface area (Å²) in [5.41, 5.74) is 1.71. The molecular formula is C15H9ClN2O2. The largest absolute Gasteiger partial charge is 0.454 e. The van der Waals surface area contributed by atoms with Gasteiger partial charge in [-0.1, -0.05) is 35.9 Å². The second-order valence-electron chi connectivity index (χ2n) is 4.45. The molecule has 2 heterocycles. The fraction of sp³-hybridized carbons (Fsp3) is 0.0667. The average Bonchev–Trinajstić information content (AvgIpc) is 2.95. The van der Waals surface area contributed by atoms with E-state index in [1.54, 1.807) is 0 Å². The van der Waals surface area contributed by atoms with Crippen LogP contribution in [0.5, 0.6) is 11.5 Å². The maximum atomic E-state index is 6.09. The minimum absolute atomic E-state index is 0.256. The highest BCUT2D eigenvalue weighted by molar-refractivity contribution is 6.34. The van der Waals surface area contributed by atoms with Gasteiger partial charge in [0.2, 0.25) is 6.79 Å². The van der Waals surface area contributed by atoms with E-state index < -0.39 is 0 Å². The van der Waals surface area contributed by atoms with Crippen LogP contribution in [0.4, 0.5) is 0 Å². The fourth-order valence-electron chi connectivity index (χ4n) is 2.33. The summed E-state index contributed by atoms with van der Waals surface area (Å²) in [5, 5.41) is 10.5. The molecule has 4 rings (SSSR count). The van der Waals surface area contributed by atoms with E-state index in [1.807, 2.05) is 42.5 Å². The molecule has 2 aromatic carbocycles. The van der Waals surface area contributed by atoms with Gasteiger partial charge < -0.3 is 9.47 Å². The average molecular weight is 285 g/mol. The van der Waals surface area contributed by atoms with Crippen LogP contribution in [0.2, 0.25) is 5.15 Å². The Balaban J connectivity index is 1.97. The molecule has 3 aromatic rings. The number of ether oxygens (including phenoxy) is 2. The summed E-state index contributed by atoms with van der Waals surface area (Å²) >= 11 is 6.09. The highest BCUT2D eigenvalue weighted by atomic mass is 35.5. The third-order valence-electron chi connectivity index (χ3n) is 3.29. The Hall–Kier alpha value is -2.33. The van der Waals surface area contributed by atoms with E-state index in [1.165, 1.54) is 0 Å². The smallest absolute Gasteiger partial charge is 0.231 e. The molecule has 0 saturated heterocycles. The summed E-state index contributed by atoms with van der Waals surface area (Å²) in [6.07, 6.45) is 0. The van der Waals surface area contributed by atoms with Crippen molar-refractivity contribution in [2.24, 2.45) is 0 Å². The van der Waals surface area contributed by atoms with Crippen molar-refractivity contribution < 1.29 is 9.47 Å². The topological polar surface area (TPSA) is 44.2 Å². The van der Waals surface area contributed by atoms with Crippen LogP contribution in [-0.2, 0) is 0 Å². The van der Waals surface area contributed by atoms with Gasteiger partial charge in [-0.05, 0) is 18.2 Å². The van der Waals surface area contributed by atoms with Gasteiger partial charge in [-0.25, -0.2) is 0 Å². The first-order chi connectivity index (χ1) is 9.83. The highest BCUT2D eigenvalue weighted by Crippen LogP contribution is 2.37. The van der Waals surface area contributed by atoms with Gasteiger partial charge >= 0.3 is 0 Å². The Labute approximate surface area is 119 Å². The molecule has 0 fully saturated rings. The quantitative estimate of drug-likeness (QED) is 0.684. The lowest BCUT2D eigenvalue weighted by Crippen LogP contribution is -1.93. The van der Waals surface area contributed by atoms with Gasteiger partial charge in [-0.3, -0.25) is 0 Å². The first kappa shape index (κ1) is 11.5. The van der Waals surface area contributed by atoms with E-state index in [-0.39, 0.29) is 6.79 Å². The summed E-state index contributed by atoms with van der Waals surface area (Å²) in [7, 11) is 0. The maximum Gasteiger partial charge on any atom is 0.231 e. The van der Waals surface area contributed by atoms with Gasteiger partial charge in [0.25, 0.3) is 0 Å². The van der Waals surface area contributed by atoms with Gasteiger partial charge in [-0.15, -0.1) is 10.2 Å². The second-order valence-corrected chi connectivity index (χ2v) is 4.81. The second kappa shape index (κ2) is 4.35. The molecule has 0 atom stereocenters. The van der Waals surface area contributed by atoms with Crippen LogP contribution in [0.15, 0.2) is 42.5 Å². The predicted molar refractivity (Wildman–Crippen MR) is 76.1 cm³/mol. The molecule has 98 valence electrons. The van der Waals surface area contributed by atoms with Crippen molar-refractivity contribution in [3.63, 3.8) is 0 Å². The molecule has 20 heavy (non-hydrogen) atoms. The zero-order valence-electron chi connectivity index (χ0n) is 10.3. The lowest BCUT2D eigenvalue weighted by atomic mass is 10.0. The van der Waals surface area contributed by atoms with Crippen LogP contribution in [0.1, 0.15) is 0 Å². The zero-order valence-corrected chi connectivity index (χ0v) is 11.1. The van der Waals surface area contributed by atoms with Crippen molar-refractivity contribution in [3.05, 3.63) is 47.6 Å². The number of nitrogens with zero attached hydrogens (tertiary/aromatic N) is 2. The van der Waals surface area contributed by atoms with Crippen LogP contribution >= 0.6 is 11.6 Å². The maximum absolute atomic E-state index is 6.09. The molecule has 0 radical (unpaired) electrons. The van der Waals surface area contributed by atoms with Crippen molar-refractivity contribution in [3.8, 4) is 22.8 Å². The number of hydrogen-bond acceptors (Lipinski definition) is 4. The Morgan fingerprint density at radius 3 is 2.60 bits per heavy atom.